The molecule has 0 spiro atoms. The lowest BCUT2D eigenvalue weighted by Gasteiger charge is -2.15. The van der Waals surface area contributed by atoms with E-state index in [1.807, 2.05) is 43.7 Å². The largest absolute Gasteiger partial charge is 0.312 e. The number of anilines is 1. The number of rotatable bonds is 5. The Balaban J connectivity index is 1.75. The van der Waals surface area contributed by atoms with Crippen molar-refractivity contribution in [3.8, 4) is 0 Å². The first-order valence-corrected chi connectivity index (χ1v) is 8.68. The van der Waals surface area contributed by atoms with Crippen molar-refractivity contribution in [3.63, 3.8) is 0 Å². The molecule has 0 radical (unpaired) electrons. The molecule has 5 nitrogen and oxygen atoms in total. The van der Waals surface area contributed by atoms with Crippen molar-refractivity contribution in [2.75, 3.05) is 11.4 Å². The Morgan fingerprint density at radius 2 is 1.96 bits per heavy atom. The van der Waals surface area contributed by atoms with Gasteiger partial charge in [-0.25, -0.2) is 0 Å². The predicted molar refractivity (Wildman–Crippen MR) is 98.8 cm³/mol. The van der Waals surface area contributed by atoms with E-state index in [0.29, 0.717) is 12.0 Å². The molecular weight excluding hydrogens is 314 g/mol. The molecule has 2 heterocycles. The van der Waals surface area contributed by atoms with Crippen molar-refractivity contribution < 1.29 is 9.59 Å². The third-order valence-electron chi connectivity index (χ3n) is 4.68. The summed E-state index contributed by atoms with van der Waals surface area (Å²) in [5.74, 6) is 0.0974. The number of carbonyl (C=O) groups is 2. The molecule has 0 saturated carbocycles. The fraction of sp³-hybridized carbons (Fsp3) is 0.350. The van der Waals surface area contributed by atoms with E-state index in [1.54, 1.807) is 23.1 Å². The van der Waals surface area contributed by atoms with Crippen LogP contribution in [0, 0.1) is 13.8 Å². The highest BCUT2D eigenvalue weighted by Crippen LogP contribution is 2.22. The van der Waals surface area contributed by atoms with Gasteiger partial charge in [0.1, 0.15) is 0 Å². The van der Waals surface area contributed by atoms with Crippen molar-refractivity contribution in [1.29, 1.82) is 0 Å². The summed E-state index contributed by atoms with van der Waals surface area (Å²) in [5.41, 5.74) is 4.46. The lowest BCUT2D eigenvalue weighted by molar-refractivity contribution is -0.117. The SMILES string of the molecule is CCn1nc(C)c(/C=C\C(=O)c2ccc(N3CCCC3=O)cc2)c1C. The van der Waals surface area contributed by atoms with E-state index in [9.17, 15) is 9.59 Å². The minimum absolute atomic E-state index is 0.0534. The molecule has 1 aromatic heterocycles. The minimum Gasteiger partial charge on any atom is -0.312 e. The molecule has 25 heavy (non-hydrogen) atoms. The van der Waals surface area contributed by atoms with Crippen LogP contribution < -0.4 is 4.90 Å². The normalized spacial score (nSPS) is 14.7. The zero-order valence-corrected chi connectivity index (χ0v) is 15.0. The highest BCUT2D eigenvalue weighted by molar-refractivity contribution is 6.07. The molecule has 3 rings (SSSR count). The maximum absolute atomic E-state index is 12.4. The number of aryl methyl sites for hydroxylation is 2. The Morgan fingerprint density at radius 3 is 2.52 bits per heavy atom. The maximum atomic E-state index is 12.4. The van der Waals surface area contributed by atoms with Gasteiger partial charge in [-0.15, -0.1) is 0 Å². The van der Waals surface area contributed by atoms with Crippen molar-refractivity contribution in [1.82, 2.24) is 9.78 Å². The second-order valence-corrected chi connectivity index (χ2v) is 6.29. The van der Waals surface area contributed by atoms with Crippen LogP contribution in [0.3, 0.4) is 0 Å². The van der Waals surface area contributed by atoms with Gasteiger partial charge in [-0.1, -0.05) is 0 Å². The molecule has 1 aliphatic rings. The van der Waals surface area contributed by atoms with Gasteiger partial charge in [-0.05, 0) is 63.6 Å². The van der Waals surface area contributed by atoms with Gasteiger partial charge < -0.3 is 4.90 Å². The van der Waals surface area contributed by atoms with E-state index < -0.39 is 0 Å². The molecule has 0 bridgehead atoms. The molecule has 1 amide bonds. The van der Waals surface area contributed by atoms with Gasteiger partial charge in [0.05, 0.1) is 5.69 Å². The quantitative estimate of drug-likeness (QED) is 0.619. The van der Waals surface area contributed by atoms with Crippen LogP contribution >= 0.6 is 0 Å². The van der Waals surface area contributed by atoms with Gasteiger partial charge in [0.2, 0.25) is 5.91 Å². The number of hydrogen-bond acceptors (Lipinski definition) is 3. The van der Waals surface area contributed by atoms with Crippen molar-refractivity contribution >= 4 is 23.5 Å². The average Bonchev–Trinajstić information content (AvgIpc) is 3.16. The van der Waals surface area contributed by atoms with E-state index >= 15 is 0 Å². The molecule has 0 atom stereocenters. The highest BCUT2D eigenvalue weighted by Gasteiger charge is 2.21. The van der Waals surface area contributed by atoms with E-state index in [-0.39, 0.29) is 11.7 Å². The molecule has 1 aromatic carbocycles. The topological polar surface area (TPSA) is 55.2 Å². The van der Waals surface area contributed by atoms with Crippen LogP contribution in [0.2, 0.25) is 0 Å². The molecule has 2 aromatic rings. The standard InChI is InChI=1S/C20H23N3O2/c1-4-23-15(3)18(14(2)21-23)11-12-19(24)16-7-9-17(10-8-16)22-13-5-6-20(22)25/h7-12H,4-6,13H2,1-3H3/b12-11-. The van der Waals surface area contributed by atoms with Crippen molar-refractivity contribution in [2.45, 2.75) is 40.2 Å². The van der Waals surface area contributed by atoms with Crippen LogP contribution in [0.25, 0.3) is 6.08 Å². The number of benzene rings is 1. The summed E-state index contributed by atoms with van der Waals surface area (Å²) in [7, 11) is 0. The Hall–Kier alpha value is -2.69. The lowest BCUT2D eigenvalue weighted by atomic mass is 10.1. The van der Waals surface area contributed by atoms with Gasteiger partial charge in [0.25, 0.3) is 0 Å². The summed E-state index contributed by atoms with van der Waals surface area (Å²) in [6, 6.07) is 7.25. The second-order valence-electron chi connectivity index (χ2n) is 6.29. The molecule has 0 unspecified atom stereocenters. The summed E-state index contributed by atoms with van der Waals surface area (Å²) >= 11 is 0. The number of amides is 1. The number of hydrogen-bond donors (Lipinski definition) is 0. The summed E-state index contributed by atoms with van der Waals surface area (Å²) in [6.07, 6.45) is 4.93. The van der Waals surface area contributed by atoms with Gasteiger partial charge in [-0.2, -0.15) is 5.10 Å². The van der Waals surface area contributed by atoms with E-state index in [2.05, 4.69) is 5.10 Å². The van der Waals surface area contributed by atoms with Crippen molar-refractivity contribution in [3.05, 3.63) is 52.9 Å². The van der Waals surface area contributed by atoms with Crippen LogP contribution in [0.4, 0.5) is 5.69 Å². The summed E-state index contributed by atoms with van der Waals surface area (Å²) in [4.78, 5) is 26.0. The molecule has 0 aliphatic carbocycles. The number of aromatic nitrogens is 2. The van der Waals surface area contributed by atoms with Gasteiger partial charge in [-0.3, -0.25) is 14.3 Å². The number of allylic oxidation sites excluding steroid dienone is 1. The third-order valence-corrected chi connectivity index (χ3v) is 4.68. The van der Waals surface area contributed by atoms with Crippen LogP contribution in [-0.2, 0) is 11.3 Å². The van der Waals surface area contributed by atoms with Crippen LogP contribution in [0.5, 0.6) is 0 Å². The fourth-order valence-electron chi connectivity index (χ4n) is 3.24. The molecule has 1 fully saturated rings. The minimum atomic E-state index is -0.0534. The maximum Gasteiger partial charge on any atom is 0.227 e. The first kappa shape index (κ1) is 17.1. The second kappa shape index (κ2) is 7.05. The zero-order valence-electron chi connectivity index (χ0n) is 15.0. The summed E-state index contributed by atoms with van der Waals surface area (Å²) < 4.78 is 1.93. The molecule has 5 heteroatoms. The zero-order chi connectivity index (χ0) is 18.0. The molecule has 1 saturated heterocycles. The van der Waals surface area contributed by atoms with E-state index in [4.69, 9.17) is 0 Å². The number of ketones is 1. The van der Waals surface area contributed by atoms with Crippen LogP contribution in [0.1, 0.15) is 47.1 Å². The summed E-state index contributed by atoms with van der Waals surface area (Å²) in [5, 5.41) is 4.46. The average molecular weight is 337 g/mol. The molecular formula is C20H23N3O2. The molecule has 130 valence electrons. The Labute approximate surface area is 147 Å². The van der Waals surface area contributed by atoms with Gasteiger partial charge in [0, 0.05) is 42.0 Å². The van der Waals surface area contributed by atoms with E-state index in [1.165, 1.54) is 0 Å². The Bertz CT molecular complexity index is 831. The number of carbonyl (C=O) groups excluding carboxylic acids is 2. The monoisotopic (exact) mass is 337 g/mol. The first-order chi connectivity index (χ1) is 12.0. The fourth-order valence-corrected chi connectivity index (χ4v) is 3.24. The number of nitrogens with zero attached hydrogens (tertiary/aromatic N) is 3. The molecule has 1 aliphatic heterocycles. The van der Waals surface area contributed by atoms with E-state index in [0.717, 1.165) is 42.1 Å². The highest BCUT2D eigenvalue weighted by atomic mass is 16.2. The van der Waals surface area contributed by atoms with Crippen LogP contribution in [-0.4, -0.2) is 28.0 Å². The smallest absolute Gasteiger partial charge is 0.227 e. The third kappa shape index (κ3) is 3.40. The first-order valence-electron chi connectivity index (χ1n) is 8.68. The predicted octanol–water partition coefficient (Wildman–Crippen LogP) is 3.54. The summed E-state index contributed by atoms with van der Waals surface area (Å²) in [6.45, 7) is 7.57. The van der Waals surface area contributed by atoms with Gasteiger partial charge >= 0.3 is 0 Å². The Kier molecular flexibility index (Phi) is 4.83. The van der Waals surface area contributed by atoms with Crippen molar-refractivity contribution in [2.24, 2.45) is 0 Å². The molecule has 0 N–H and O–H groups in total. The van der Waals surface area contributed by atoms with Crippen LogP contribution in [0.15, 0.2) is 30.3 Å². The van der Waals surface area contributed by atoms with Gasteiger partial charge in [0.15, 0.2) is 5.78 Å². The Morgan fingerprint density at radius 1 is 1.24 bits per heavy atom. The lowest BCUT2D eigenvalue weighted by Crippen LogP contribution is -2.23.